The van der Waals surface area contributed by atoms with Crippen LogP contribution in [-0.2, 0) is 14.3 Å². The molecular weight excluding hydrogens is 432 g/mol. The zero-order valence-corrected chi connectivity index (χ0v) is 16.8. The summed E-state index contributed by atoms with van der Waals surface area (Å²) in [6, 6.07) is 4.14. The number of oxazole rings is 1. The Bertz CT molecular complexity index is 1320. The Morgan fingerprint density at radius 3 is 3.03 bits per heavy atom. The van der Waals surface area contributed by atoms with E-state index in [1.54, 1.807) is 18.2 Å². The van der Waals surface area contributed by atoms with Crippen LogP contribution in [0.25, 0.3) is 33.0 Å². The van der Waals surface area contributed by atoms with Gasteiger partial charge in [-0.2, -0.15) is 0 Å². The van der Waals surface area contributed by atoms with Crippen molar-refractivity contribution < 1.29 is 18.7 Å². The summed E-state index contributed by atoms with van der Waals surface area (Å²) < 4.78 is 17.5. The summed E-state index contributed by atoms with van der Waals surface area (Å²) in [6.07, 6.45) is -0.235. The van der Waals surface area contributed by atoms with Gasteiger partial charge in [-0.15, -0.1) is 0 Å². The number of benzene rings is 1. The van der Waals surface area contributed by atoms with E-state index in [-0.39, 0.29) is 24.5 Å². The molecule has 1 aliphatic rings. The van der Waals surface area contributed by atoms with E-state index >= 15 is 0 Å². The lowest BCUT2D eigenvalue weighted by Gasteiger charge is -2.16. The molecular formula is C18H15ClN6O6. The highest BCUT2D eigenvalue weighted by Crippen LogP contribution is 2.31. The van der Waals surface area contributed by atoms with Crippen molar-refractivity contribution >= 4 is 28.7 Å². The number of ether oxygens (including phenoxy) is 2. The second-order valence-electron chi connectivity index (χ2n) is 6.78. The number of hydrogen-bond acceptors (Lipinski definition) is 8. The Labute approximate surface area is 178 Å². The van der Waals surface area contributed by atoms with Gasteiger partial charge in [-0.1, -0.05) is 16.7 Å². The molecule has 3 atom stereocenters. The first-order valence-corrected chi connectivity index (χ1v) is 9.48. The highest BCUT2D eigenvalue weighted by atomic mass is 35.5. The number of fused-ring (bicyclic) bond motifs is 1. The lowest BCUT2D eigenvalue weighted by Crippen LogP contribution is -2.33. The van der Waals surface area contributed by atoms with Gasteiger partial charge in [-0.3, -0.25) is 19.1 Å². The Kier molecular flexibility index (Phi) is 5.51. The van der Waals surface area contributed by atoms with E-state index in [2.05, 4.69) is 20.0 Å². The first-order chi connectivity index (χ1) is 14.9. The fourth-order valence-corrected chi connectivity index (χ4v) is 3.46. The summed E-state index contributed by atoms with van der Waals surface area (Å²) in [5, 5.41) is 4.11. The van der Waals surface area contributed by atoms with Gasteiger partial charge in [0.15, 0.2) is 5.58 Å². The minimum absolute atomic E-state index is 0.000655. The number of esters is 1. The maximum Gasteiger partial charge on any atom is 0.330 e. The van der Waals surface area contributed by atoms with Crippen LogP contribution in [0.4, 0.5) is 0 Å². The second-order valence-corrected chi connectivity index (χ2v) is 7.22. The van der Waals surface area contributed by atoms with Crippen LogP contribution in [0.2, 0.25) is 5.02 Å². The molecule has 3 aromatic rings. The Morgan fingerprint density at radius 1 is 1.48 bits per heavy atom. The molecule has 0 aliphatic carbocycles. The summed E-state index contributed by atoms with van der Waals surface area (Å²) in [5.41, 5.74) is 8.24. The van der Waals surface area contributed by atoms with Gasteiger partial charge in [-0.25, -0.2) is 9.78 Å². The van der Waals surface area contributed by atoms with Gasteiger partial charge in [0.1, 0.15) is 30.0 Å². The quantitative estimate of drug-likeness (QED) is 0.272. The number of aromatic nitrogens is 3. The minimum Gasteiger partial charge on any atom is -0.463 e. The number of halogens is 1. The minimum atomic E-state index is -0.877. The van der Waals surface area contributed by atoms with Crippen molar-refractivity contribution in [2.24, 2.45) is 5.11 Å². The van der Waals surface area contributed by atoms with Gasteiger partial charge in [0.05, 0.1) is 6.04 Å². The lowest BCUT2D eigenvalue weighted by atomic mass is 10.1. The number of carbonyl (C=O) groups excluding carboxylic acids is 1. The zero-order valence-electron chi connectivity index (χ0n) is 16.0. The summed E-state index contributed by atoms with van der Waals surface area (Å²) in [4.78, 5) is 45.2. The third-order valence-electron chi connectivity index (χ3n) is 4.71. The van der Waals surface area contributed by atoms with Gasteiger partial charge in [0.2, 0.25) is 5.89 Å². The largest absolute Gasteiger partial charge is 0.463 e. The molecule has 12 nitrogen and oxygen atoms in total. The molecule has 13 heteroatoms. The van der Waals surface area contributed by atoms with Crippen LogP contribution < -0.4 is 11.2 Å². The number of aromatic amines is 1. The van der Waals surface area contributed by atoms with Crippen LogP contribution in [0.5, 0.6) is 0 Å². The Hall–Kier alpha value is -3.60. The SMILES string of the molecule is CC(=O)OC[C@H]1O[C@@H](n2cc(-c3nc4cc(Cl)ccc4o3)c(=O)[nH]c2=O)C[C@@H]1N=[N+]=[N-]. The molecule has 0 bridgehead atoms. The van der Waals surface area contributed by atoms with E-state index in [9.17, 15) is 14.4 Å². The molecule has 0 spiro atoms. The van der Waals surface area contributed by atoms with Crippen LogP contribution in [0.3, 0.4) is 0 Å². The van der Waals surface area contributed by atoms with E-state index < -0.39 is 35.6 Å². The molecule has 0 radical (unpaired) electrons. The fourth-order valence-electron chi connectivity index (χ4n) is 3.29. The van der Waals surface area contributed by atoms with Crippen LogP contribution in [-0.4, -0.2) is 39.3 Å². The molecule has 31 heavy (non-hydrogen) atoms. The topological polar surface area (TPSA) is 165 Å². The summed E-state index contributed by atoms with van der Waals surface area (Å²) in [5.74, 6) is -0.528. The molecule has 160 valence electrons. The molecule has 1 saturated heterocycles. The average molecular weight is 447 g/mol. The van der Waals surface area contributed by atoms with Crippen LogP contribution >= 0.6 is 11.6 Å². The molecule has 0 unspecified atom stereocenters. The average Bonchev–Trinajstić information content (AvgIpc) is 3.30. The highest BCUT2D eigenvalue weighted by Gasteiger charge is 2.37. The Morgan fingerprint density at radius 2 is 2.29 bits per heavy atom. The predicted molar refractivity (Wildman–Crippen MR) is 107 cm³/mol. The van der Waals surface area contributed by atoms with E-state index in [1.807, 2.05) is 0 Å². The molecule has 4 rings (SSSR count). The molecule has 2 aromatic heterocycles. The molecule has 3 heterocycles. The first kappa shape index (κ1) is 20.7. The van der Waals surface area contributed by atoms with E-state index in [0.717, 1.165) is 4.57 Å². The van der Waals surface area contributed by atoms with Crippen molar-refractivity contribution in [2.75, 3.05) is 6.61 Å². The molecule has 0 amide bonds. The summed E-state index contributed by atoms with van der Waals surface area (Å²) in [7, 11) is 0. The van der Waals surface area contributed by atoms with Crippen LogP contribution in [0.1, 0.15) is 19.6 Å². The number of rotatable bonds is 5. The van der Waals surface area contributed by atoms with Crippen molar-refractivity contribution in [3.63, 3.8) is 0 Å². The highest BCUT2D eigenvalue weighted by molar-refractivity contribution is 6.31. The van der Waals surface area contributed by atoms with Crippen LogP contribution in [0, 0.1) is 0 Å². The van der Waals surface area contributed by atoms with Crippen molar-refractivity contribution in [1.29, 1.82) is 0 Å². The fraction of sp³-hybridized carbons (Fsp3) is 0.333. The van der Waals surface area contributed by atoms with E-state index in [4.69, 9.17) is 31.0 Å². The van der Waals surface area contributed by atoms with Gasteiger partial charge in [0, 0.05) is 29.5 Å². The smallest absolute Gasteiger partial charge is 0.330 e. The third-order valence-corrected chi connectivity index (χ3v) is 4.95. The number of carbonyl (C=O) groups is 1. The van der Waals surface area contributed by atoms with Gasteiger partial charge in [-0.05, 0) is 23.7 Å². The molecule has 1 fully saturated rings. The van der Waals surface area contributed by atoms with Crippen molar-refractivity contribution in [1.82, 2.24) is 14.5 Å². The van der Waals surface area contributed by atoms with Gasteiger partial charge in [0.25, 0.3) is 5.56 Å². The van der Waals surface area contributed by atoms with Crippen molar-refractivity contribution in [2.45, 2.75) is 31.7 Å². The number of azide groups is 1. The summed E-state index contributed by atoms with van der Waals surface area (Å²) >= 11 is 5.96. The molecule has 1 N–H and O–H groups in total. The molecule has 0 saturated carbocycles. The monoisotopic (exact) mass is 446 g/mol. The Balaban J connectivity index is 1.70. The number of nitrogens with one attached hydrogen (secondary N) is 1. The van der Waals surface area contributed by atoms with Gasteiger partial charge < -0.3 is 13.9 Å². The van der Waals surface area contributed by atoms with E-state index in [1.165, 1.54) is 13.1 Å². The number of H-pyrrole nitrogens is 1. The van der Waals surface area contributed by atoms with E-state index in [0.29, 0.717) is 16.1 Å². The maximum atomic E-state index is 12.4. The third kappa shape index (κ3) is 4.17. The lowest BCUT2D eigenvalue weighted by molar-refractivity contribution is -0.146. The standard InChI is InChI=1S/C18H15ClN6O6/c1-8(26)29-7-14-12(23-24-20)5-15(30-14)25-6-10(16(27)22-18(25)28)17-21-11-4-9(19)2-3-13(11)31-17/h2-4,6,12,14-15H,5,7H2,1H3,(H,22,27,28)/t12-,14+,15+/m0/s1. The summed E-state index contributed by atoms with van der Waals surface area (Å²) in [6.45, 7) is 1.09. The molecule has 1 aromatic carbocycles. The molecule has 1 aliphatic heterocycles. The van der Waals surface area contributed by atoms with Crippen LogP contribution in [0.15, 0.2) is 43.5 Å². The maximum absolute atomic E-state index is 12.4. The number of nitrogens with zero attached hydrogens (tertiary/aromatic N) is 5. The van der Waals surface area contributed by atoms with Crippen molar-refractivity contribution in [3.8, 4) is 11.5 Å². The zero-order chi connectivity index (χ0) is 22.1. The van der Waals surface area contributed by atoms with Gasteiger partial charge >= 0.3 is 11.7 Å². The van der Waals surface area contributed by atoms with Crippen molar-refractivity contribution in [3.05, 3.63) is 60.7 Å². The normalized spacial score (nSPS) is 20.5. The predicted octanol–water partition coefficient (Wildman–Crippen LogP) is 2.53. The second kappa shape index (κ2) is 8.26. The first-order valence-electron chi connectivity index (χ1n) is 9.10. The number of hydrogen-bond donors (Lipinski definition) is 1.